The highest BCUT2D eigenvalue weighted by Gasteiger charge is 2.41. The van der Waals surface area contributed by atoms with Gasteiger partial charge in [0.15, 0.2) is 5.11 Å². The minimum absolute atomic E-state index is 0.0426. The molecule has 154 valence electrons. The number of hydrogen-bond acceptors (Lipinski definition) is 3. The molecule has 0 radical (unpaired) electrons. The lowest BCUT2D eigenvalue weighted by Gasteiger charge is -2.27. The summed E-state index contributed by atoms with van der Waals surface area (Å²) >= 11 is 5.75. The van der Waals surface area contributed by atoms with Crippen molar-refractivity contribution in [3.63, 3.8) is 0 Å². The third kappa shape index (κ3) is 3.93. The molecule has 4 rings (SSSR count). The Morgan fingerprint density at radius 2 is 1.93 bits per heavy atom. The zero-order valence-electron chi connectivity index (χ0n) is 17.2. The summed E-state index contributed by atoms with van der Waals surface area (Å²) in [5.41, 5.74) is 3.83. The van der Waals surface area contributed by atoms with E-state index in [9.17, 15) is 4.79 Å². The van der Waals surface area contributed by atoms with Gasteiger partial charge in [-0.25, -0.2) is 0 Å². The number of hydrogen-bond donors (Lipinski definition) is 2. The van der Waals surface area contributed by atoms with Crippen LogP contribution in [0.1, 0.15) is 50.2 Å². The van der Waals surface area contributed by atoms with Gasteiger partial charge in [-0.05, 0) is 74.1 Å². The fourth-order valence-corrected chi connectivity index (χ4v) is 4.15. The Kier molecular flexibility index (Phi) is 5.55. The van der Waals surface area contributed by atoms with Crippen molar-refractivity contribution in [2.24, 2.45) is 0 Å². The summed E-state index contributed by atoms with van der Waals surface area (Å²) in [7, 11) is 0. The summed E-state index contributed by atoms with van der Waals surface area (Å²) in [5, 5.41) is 6.93. The molecule has 6 nitrogen and oxygen atoms in total. The molecule has 0 saturated carbocycles. The smallest absolute Gasteiger partial charge is 0.221 e. The minimum atomic E-state index is -0.0933. The SMILES string of the molecule is CC(=O)Nc1ccc(N2C(=S)NC(c3ccccn3)C2c2ccn(C(C)C)c2)cc1. The lowest BCUT2D eigenvalue weighted by molar-refractivity contribution is -0.114. The van der Waals surface area contributed by atoms with Crippen molar-refractivity contribution >= 4 is 34.6 Å². The molecule has 30 heavy (non-hydrogen) atoms. The van der Waals surface area contributed by atoms with Gasteiger partial charge in [-0.2, -0.15) is 0 Å². The van der Waals surface area contributed by atoms with Crippen LogP contribution in [0.2, 0.25) is 0 Å². The first-order valence-electron chi connectivity index (χ1n) is 9.99. The monoisotopic (exact) mass is 419 g/mol. The Morgan fingerprint density at radius 1 is 1.17 bits per heavy atom. The lowest BCUT2D eigenvalue weighted by Crippen LogP contribution is -2.29. The number of anilines is 2. The van der Waals surface area contributed by atoms with Gasteiger partial charge in [-0.15, -0.1) is 0 Å². The average Bonchev–Trinajstić information content (AvgIpc) is 3.34. The van der Waals surface area contributed by atoms with Gasteiger partial charge in [0.2, 0.25) is 5.91 Å². The van der Waals surface area contributed by atoms with Gasteiger partial charge in [0.1, 0.15) is 0 Å². The number of aromatic nitrogens is 2. The second-order valence-corrected chi connectivity index (χ2v) is 8.10. The van der Waals surface area contributed by atoms with Gasteiger partial charge in [0.25, 0.3) is 0 Å². The quantitative estimate of drug-likeness (QED) is 0.592. The molecule has 0 aliphatic carbocycles. The first kappa shape index (κ1) is 20.1. The van der Waals surface area contributed by atoms with Crippen LogP contribution >= 0.6 is 12.2 Å². The second kappa shape index (κ2) is 8.28. The van der Waals surface area contributed by atoms with E-state index in [1.807, 2.05) is 42.5 Å². The fourth-order valence-electron chi connectivity index (χ4n) is 3.81. The molecule has 2 aromatic heterocycles. The number of rotatable bonds is 5. The highest BCUT2D eigenvalue weighted by Crippen LogP contribution is 2.41. The molecule has 3 heterocycles. The Morgan fingerprint density at radius 3 is 2.53 bits per heavy atom. The van der Waals surface area contributed by atoms with Gasteiger partial charge < -0.3 is 20.1 Å². The van der Waals surface area contributed by atoms with E-state index in [2.05, 4.69) is 57.4 Å². The summed E-state index contributed by atoms with van der Waals surface area (Å²) < 4.78 is 2.20. The van der Waals surface area contributed by atoms with Crippen LogP contribution < -0.4 is 15.5 Å². The number of benzene rings is 1. The van der Waals surface area contributed by atoms with Crippen molar-refractivity contribution in [1.82, 2.24) is 14.9 Å². The van der Waals surface area contributed by atoms with Crippen LogP contribution in [0.3, 0.4) is 0 Å². The highest BCUT2D eigenvalue weighted by atomic mass is 32.1. The van der Waals surface area contributed by atoms with Crippen LogP contribution in [0.4, 0.5) is 11.4 Å². The summed E-state index contributed by atoms with van der Waals surface area (Å²) in [6.07, 6.45) is 6.09. The Hall–Kier alpha value is -3.19. The molecule has 1 fully saturated rings. The Labute approximate surface area is 181 Å². The molecular formula is C23H25N5OS. The van der Waals surface area contributed by atoms with E-state index >= 15 is 0 Å². The van der Waals surface area contributed by atoms with Crippen LogP contribution in [-0.4, -0.2) is 20.6 Å². The van der Waals surface area contributed by atoms with Crippen LogP contribution in [0.15, 0.2) is 67.1 Å². The van der Waals surface area contributed by atoms with Crippen molar-refractivity contribution in [3.05, 3.63) is 78.4 Å². The topological polar surface area (TPSA) is 62.2 Å². The number of nitrogens with zero attached hydrogens (tertiary/aromatic N) is 3. The molecule has 1 aromatic carbocycles. The van der Waals surface area contributed by atoms with E-state index in [4.69, 9.17) is 12.2 Å². The van der Waals surface area contributed by atoms with Gasteiger partial charge in [-0.3, -0.25) is 9.78 Å². The number of amides is 1. The Balaban J connectivity index is 1.75. The number of nitrogens with one attached hydrogen (secondary N) is 2. The molecule has 1 amide bonds. The van der Waals surface area contributed by atoms with Crippen molar-refractivity contribution in [3.8, 4) is 0 Å². The molecule has 2 N–H and O–H groups in total. The van der Waals surface area contributed by atoms with Gasteiger partial charge in [-0.1, -0.05) is 6.07 Å². The summed E-state index contributed by atoms with van der Waals surface area (Å²) in [6, 6.07) is 16.1. The molecule has 1 saturated heterocycles. The van der Waals surface area contributed by atoms with Crippen molar-refractivity contribution in [2.75, 3.05) is 10.2 Å². The Bertz CT molecular complexity index is 1040. The van der Waals surface area contributed by atoms with E-state index in [0.29, 0.717) is 11.2 Å². The molecule has 7 heteroatoms. The predicted molar refractivity (Wildman–Crippen MR) is 123 cm³/mol. The molecule has 0 spiro atoms. The van der Waals surface area contributed by atoms with Crippen LogP contribution in [-0.2, 0) is 4.79 Å². The number of pyridine rings is 1. The van der Waals surface area contributed by atoms with Gasteiger partial charge >= 0.3 is 0 Å². The van der Waals surface area contributed by atoms with Crippen LogP contribution in [0.25, 0.3) is 0 Å². The molecule has 2 unspecified atom stereocenters. The highest BCUT2D eigenvalue weighted by molar-refractivity contribution is 7.80. The molecule has 3 aromatic rings. The summed E-state index contributed by atoms with van der Waals surface area (Å²) in [6.45, 7) is 5.83. The van der Waals surface area contributed by atoms with Crippen molar-refractivity contribution in [2.45, 2.75) is 38.9 Å². The van der Waals surface area contributed by atoms with Crippen LogP contribution in [0.5, 0.6) is 0 Å². The van der Waals surface area contributed by atoms with Crippen molar-refractivity contribution in [1.29, 1.82) is 0 Å². The number of thiocarbonyl (C=S) groups is 1. The second-order valence-electron chi connectivity index (χ2n) is 7.71. The van der Waals surface area contributed by atoms with E-state index < -0.39 is 0 Å². The third-order valence-corrected chi connectivity index (χ3v) is 5.55. The zero-order valence-corrected chi connectivity index (χ0v) is 18.1. The first-order chi connectivity index (χ1) is 14.4. The third-order valence-electron chi connectivity index (χ3n) is 5.24. The maximum atomic E-state index is 11.3. The predicted octanol–water partition coefficient (Wildman–Crippen LogP) is 4.60. The van der Waals surface area contributed by atoms with E-state index in [-0.39, 0.29) is 18.0 Å². The maximum Gasteiger partial charge on any atom is 0.221 e. The average molecular weight is 420 g/mol. The normalized spacial score (nSPS) is 18.5. The molecule has 2 atom stereocenters. The number of carbonyl (C=O) groups is 1. The van der Waals surface area contributed by atoms with Crippen molar-refractivity contribution < 1.29 is 4.79 Å². The molecule has 1 aliphatic rings. The maximum absolute atomic E-state index is 11.3. The molecule has 0 bridgehead atoms. The minimum Gasteiger partial charge on any atom is -0.351 e. The molecule has 1 aliphatic heterocycles. The van der Waals surface area contributed by atoms with Gasteiger partial charge in [0.05, 0.1) is 17.8 Å². The lowest BCUT2D eigenvalue weighted by atomic mass is 9.98. The zero-order chi connectivity index (χ0) is 21.3. The van der Waals surface area contributed by atoms with Gasteiger partial charge in [0, 0.05) is 42.9 Å². The van der Waals surface area contributed by atoms with Crippen LogP contribution in [0, 0.1) is 0 Å². The summed E-state index contributed by atoms with van der Waals surface area (Å²) in [5.74, 6) is -0.0933. The first-order valence-corrected chi connectivity index (χ1v) is 10.4. The fraction of sp³-hybridized carbons (Fsp3) is 0.261. The molecular weight excluding hydrogens is 394 g/mol. The summed E-state index contributed by atoms with van der Waals surface area (Å²) in [4.78, 5) is 18.1. The largest absolute Gasteiger partial charge is 0.351 e. The number of carbonyl (C=O) groups excluding carboxylic acids is 1. The standard InChI is InChI=1S/C23H25N5OS/c1-15(2)27-13-11-17(14-27)22-21(20-6-4-5-12-24-20)26-23(30)28(22)19-9-7-18(8-10-19)25-16(3)29/h4-15,21-22H,1-3H3,(H,25,29)(H,26,30). The van der Waals surface area contributed by atoms with E-state index in [1.54, 1.807) is 6.20 Å². The van der Waals surface area contributed by atoms with E-state index in [0.717, 1.165) is 22.6 Å². The van der Waals surface area contributed by atoms with E-state index in [1.165, 1.54) is 6.92 Å².